The third-order valence-electron chi connectivity index (χ3n) is 2.26. The molecule has 2 aromatic rings. The summed E-state index contributed by atoms with van der Waals surface area (Å²) in [4.78, 5) is 12.4. The second kappa shape index (κ2) is 5.25. The standard InChI is InChI=1S/C12H14N4O/c1-3-13-11-7-10(15-8-16-11)9-4-5-14-12(6-9)17-2/h4-8H,3H2,1-2H3,(H,13,15,16). The zero-order valence-electron chi connectivity index (χ0n) is 9.84. The first-order chi connectivity index (χ1) is 8.33. The maximum Gasteiger partial charge on any atom is 0.213 e. The predicted molar refractivity (Wildman–Crippen MR) is 66.0 cm³/mol. The van der Waals surface area contributed by atoms with E-state index in [0.717, 1.165) is 23.6 Å². The van der Waals surface area contributed by atoms with Gasteiger partial charge in [-0.1, -0.05) is 0 Å². The van der Waals surface area contributed by atoms with Crippen LogP contribution in [0.2, 0.25) is 0 Å². The zero-order chi connectivity index (χ0) is 12.1. The van der Waals surface area contributed by atoms with E-state index in [4.69, 9.17) is 4.74 Å². The number of nitrogens with one attached hydrogen (secondary N) is 1. The van der Waals surface area contributed by atoms with E-state index >= 15 is 0 Å². The molecule has 0 unspecified atom stereocenters. The van der Waals surface area contributed by atoms with Gasteiger partial charge in [0, 0.05) is 30.4 Å². The Morgan fingerprint density at radius 2 is 2.12 bits per heavy atom. The lowest BCUT2D eigenvalue weighted by molar-refractivity contribution is 0.398. The Balaban J connectivity index is 2.34. The van der Waals surface area contributed by atoms with Crippen LogP contribution in [0.3, 0.4) is 0 Å². The summed E-state index contributed by atoms with van der Waals surface area (Å²) in [6.45, 7) is 2.85. The topological polar surface area (TPSA) is 59.9 Å². The van der Waals surface area contributed by atoms with Crippen LogP contribution in [0.5, 0.6) is 5.88 Å². The highest BCUT2D eigenvalue weighted by atomic mass is 16.5. The maximum absolute atomic E-state index is 5.08. The normalized spacial score (nSPS) is 10.0. The van der Waals surface area contributed by atoms with Crippen molar-refractivity contribution in [2.75, 3.05) is 19.0 Å². The van der Waals surface area contributed by atoms with Crippen LogP contribution in [0, 0.1) is 0 Å². The lowest BCUT2D eigenvalue weighted by Gasteiger charge is -2.05. The van der Waals surface area contributed by atoms with Gasteiger partial charge in [-0.25, -0.2) is 15.0 Å². The van der Waals surface area contributed by atoms with E-state index in [1.807, 2.05) is 25.1 Å². The van der Waals surface area contributed by atoms with E-state index in [1.54, 1.807) is 19.6 Å². The molecule has 0 aromatic carbocycles. The molecule has 2 rings (SSSR count). The Bertz CT molecular complexity index is 501. The molecule has 0 aliphatic heterocycles. The monoisotopic (exact) mass is 230 g/mol. The third kappa shape index (κ3) is 2.69. The maximum atomic E-state index is 5.08. The molecule has 0 spiro atoms. The molecule has 0 amide bonds. The second-order valence-corrected chi connectivity index (χ2v) is 3.41. The lowest BCUT2D eigenvalue weighted by Crippen LogP contribution is -2.00. The van der Waals surface area contributed by atoms with Crippen molar-refractivity contribution in [1.82, 2.24) is 15.0 Å². The van der Waals surface area contributed by atoms with Crippen molar-refractivity contribution >= 4 is 5.82 Å². The molecule has 5 nitrogen and oxygen atoms in total. The molecule has 0 aliphatic rings. The van der Waals surface area contributed by atoms with Crippen LogP contribution >= 0.6 is 0 Å². The number of pyridine rings is 1. The van der Waals surface area contributed by atoms with Gasteiger partial charge in [0.05, 0.1) is 12.8 Å². The molecule has 0 saturated heterocycles. The SMILES string of the molecule is CCNc1cc(-c2ccnc(OC)c2)ncn1. The first-order valence-electron chi connectivity index (χ1n) is 5.40. The molecule has 2 aromatic heterocycles. The summed E-state index contributed by atoms with van der Waals surface area (Å²) >= 11 is 0. The first-order valence-corrected chi connectivity index (χ1v) is 5.40. The molecule has 2 heterocycles. The molecule has 0 radical (unpaired) electrons. The molecule has 1 N–H and O–H groups in total. The first kappa shape index (κ1) is 11.3. The van der Waals surface area contributed by atoms with Gasteiger partial charge < -0.3 is 10.1 Å². The quantitative estimate of drug-likeness (QED) is 0.870. The Hall–Kier alpha value is -2.17. The van der Waals surface area contributed by atoms with Gasteiger partial charge in [-0.15, -0.1) is 0 Å². The number of anilines is 1. The van der Waals surface area contributed by atoms with Crippen molar-refractivity contribution in [3.8, 4) is 17.1 Å². The van der Waals surface area contributed by atoms with Gasteiger partial charge in [0.2, 0.25) is 5.88 Å². The van der Waals surface area contributed by atoms with E-state index in [9.17, 15) is 0 Å². The highest BCUT2D eigenvalue weighted by Crippen LogP contribution is 2.21. The van der Waals surface area contributed by atoms with Crippen molar-refractivity contribution in [2.45, 2.75) is 6.92 Å². The summed E-state index contributed by atoms with van der Waals surface area (Å²) < 4.78 is 5.08. The van der Waals surface area contributed by atoms with E-state index in [2.05, 4.69) is 20.3 Å². The number of nitrogens with zero attached hydrogens (tertiary/aromatic N) is 3. The fourth-order valence-corrected chi connectivity index (χ4v) is 1.47. The molecular weight excluding hydrogens is 216 g/mol. The lowest BCUT2D eigenvalue weighted by atomic mass is 10.2. The van der Waals surface area contributed by atoms with Gasteiger partial charge >= 0.3 is 0 Å². The number of hydrogen-bond donors (Lipinski definition) is 1. The van der Waals surface area contributed by atoms with Crippen LogP contribution in [0.4, 0.5) is 5.82 Å². The van der Waals surface area contributed by atoms with E-state index < -0.39 is 0 Å². The van der Waals surface area contributed by atoms with Crippen LogP contribution in [0.15, 0.2) is 30.7 Å². The van der Waals surface area contributed by atoms with Crippen LogP contribution in [0.25, 0.3) is 11.3 Å². The number of hydrogen-bond acceptors (Lipinski definition) is 5. The molecule has 0 aliphatic carbocycles. The third-order valence-corrected chi connectivity index (χ3v) is 2.26. The number of methoxy groups -OCH3 is 1. The smallest absolute Gasteiger partial charge is 0.213 e. The van der Waals surface area contributed by atoms with Crippen molar-refractivity contribution < 1.29 is 4.74 Å². The summed E-state index contributed by atoms with van der Waals surface area (Å²) in [5.41, 5.74) is 1.80. The van der Waals surface area contributed by atoms with Crippen LogP contribution in [-0.2, 0) is 0 Å². The second-order valence-electron chi connectivity index (χ2n) is 3.41. The minimum Gasteiger partial charge on any atom is -0.481 e. The molecule has 0 fully saturated rings. The van der Waals surface area contributed by atoms with Crippen LogP contribution in [-0.4, -0.2) is 28.6 Å². The highest BCUT2D eigenvalue weighted by Gasteiger charge is 2.03. The van der Waals surface area contributed by atoms with Gasteiger partial charge in [0.1, 0.15) is 12.1 Å². The Labute approximate surface area is 99.9 Å². The van der Waals surface area contributed by atoms with E-state index in [1.165, 1.54) is 0 Å². The molecule has 0 bridgehead atoms. The van der Waals surface area contributed by atoms with Gasteiger partial charge in [0.15, 0.2) is 0 Å². The summed E-state index contributed by atoms with van der Waals surface area (Å²) in [6, 6.07) is 5.64. The fraction of sp³-hybridized carbons (Fsp3) is 0.250. The largest absolute Gasteiger partial charge is 0.481 e. The van der Waals surface area contributed by atoms with E-state index in [0.29, 0.717) is 5.88 Å². The van der Waals surface area contributed by atoms with Crippen LogP contribution < -0.4 is 10.1 Å². The van der Waals surface area contributed by atoms with Gasteiger partial charge in [-0.05, 0) is 13.0 Å². The number of aromatic nitrogens is 3. The molecule has 0 atom stereocenters. The Morgan fingerprint density at radius 1 is 1.24 bits per heavy atom. The minimum absolute atomic E-state index is 0.575. The number of rotatable bonds is 4. The fourth-order valence-electron chi connectivity index (χ4n) is 1.47. The summed E-state index contributed by atoms with van der Waals surface area (Å²) in [5.74, 6) is 1.39. The van der Waals surface area contributed by atoms with Gasteiger partial charge in [0.25, 0.3) is 0 Å². The van der Waals surface area contributed by atoms with Crippen molar-refractivity contribution in [2.24, 2.45) is 0 Å². The Kier molecular flexibility index (Phi) is 3.49. The average molecular weight is 230 g/mol. The van der Waals surface area contributed by atoms with Gasteiger partial charge in [-0.2, -0.15) is 0 Å². The van der Waals surface area contributed by atoms with Crippen molar-refractivity contribution in [3.05, 3.63) is 30.7 Å². The van der Waals surface area contributed by atoms with E-state index in [-0.39, 0.29) is 0 Å². The van der Waals surface area contributed by atoms with Crippen molar-refractivity contribution in [1.29, 1.82) is 0 Å². The van der Waals surface area contributed by atoms with Crippen LogP contribution in [0.1, 0.15) is 6.92 Å². The van der Waals surface area contributed by atoms with Gasteiger partial charge in [-0.3, -0.25) is 0 Å². The highest BCUT2D eigenvalue weighted by molar-refractivity contribution is 5.62. The summed E-state index contributed by atoms with van der Waals surface area (Å²) in [7, 11) is 1.59. The summed E-state index contributed by atoms with van der Waals surface area (Å²) in [6.07, 6.45) is 3.24. The molecule has 5 heteroatoms. The van der Waals surface area contributed by atoms with Crippen molar-refractivity contribution in [3.63, 3.8) is 0 Å². The molecule has 17 heavy (non-hydrogen) atoms. The predicted octanol–water partition coefficient (Wildman–Crippen LogP) is 1.98. The molecule has 0 saturated carbocycles. The summed E-state index contributed by atoms with van der Waals surface area (Å²) in [5, 5.41) is 3.15. The molecule has 88 valence electrons. The number of ether oxygens (including phenoxy) is 1. The minimum atomic E-state index is 0.575. The molecular formula is C12H14N4O. The Morgan fingerprint density at radius 3 is 2.88 bits per heavy atom. The zero-order valence-corrected chi connectivity index (χ0v) is 9.84. The average Bonchev–Trinajstić information content (AvgIpc) is 2.40.